The summed E-state index contributed by atoms with van der Waals surface area (Å²) in [6.07, 6.45) is 3.45. The van der Waals surface area contributed by atoms with Crippen LogP contribution in [0.1, 0.15) is 11.3 Å². The molecule has 2 rings (SSSR count). The van der Waals surface area contributed by atoms with Crippen LogP contribution in [-0.2, 0) is 12.4 Å². The second kappa shape index (κ2) is 6.16. The zero-order valence-electron chi connectivity index (χ0n) is 9.98. The van der Waals surface area contributed by atoms with Crippen molar-refractivity contribution < 1.29 is 0 Å². The Morgan fingerprint density at radius 2 is 2.00 bits per heavy atom. The lowest BCUT2D eigenvalue weighted by Gasteiger charge is -2.18. The van der Waals surface area contributed by atoms with Crippen molar-refractivity contribution in [3.05, 3.63) is 52.4 Å². The first-order valence-electron chi connectivity index (χ1n) is 5.52. The lowest BCUT2D eigenvalue weighted by Crippen LogP contribution is -2.18. The summed E-state index contributed by atoms with van der Waals surface area (Å²) in [5.74, 6) is 1.22. The number of anilines is 1. The molecule has 0 fully saturated rings. The van der Waals surface area contributed by atoms with Crippen LogP contribution in [0, 0.1) is 0 Å². The molecule has 0 aliphatic carbocycles. The maximum Gasteiger partial charge on any atom is 0.147 e. The third-order valence-corrected chi connectivity index (χ3v) is 3.63. The number of hydrogen-bond acceptors (Lipinski definition) is 3. The Morgan fingerprint density at radius 1 is 1.22 bits per heavy atom. The van der Waals surface area contributed by atoms with Crippen molar-refractivity contribution in [2.75, 3.05) is 11.9 Å². The minimum absolute atomic E-state index is 0.390. The predicted molar refractivity (Wildman–Crippen MR) is 77.8 cm³/mol. The lowest BCUT2D eigenvalue weighted by atomic mass is 10.2. The van der Waals surface area contributed by atoms with Crippen LogP contribution in [0.3, 0.4) is 0 Å². The van der Waals surface area contributed by atoms with Gasteiger partial charge in [0.15, 0.2) is 0 Å². The van der Waals surface area contributed by atoms with Gasteiger partial charge < -0.3 is 4.90 Å². The fraction of sp³-hybridized carbons (Fsp3) is 0.231. The normalized spacial score (nSPS) is 10.4. The van der Waals surface area contributed by atoms with Crippen LogP contribution in [0.5, 0.6) is 0 Å². The van der Waals surface area contributed by atoms with Gasteiger partial charge in [-0.1, -0.05) is 34.1 Å². The molecule has 0 N–H and O–H groups in total. The lowest BCUT2D eigenvalue weighted by molar-refractivity contribution is 0.881. The minimum atomic E-state index is 0.390. The number of halogens is 2. The molecule has 1 aromatic carbocycles. The van der Waals surface area contributed by atoms with E-state index >= 15 is 0 Å². The van der Waals surface area contributed by atoms with Gasteiger partial charge in [0.2, 0.25) is 0 Å². The Bertz CT molecular complexity index is 516. The molecule has 0 bridgehead atoms. The topological polar surface area (TPSA) is 29.0 Å². The average Bonchev–Trinajstić information content (AvgIpc) is 2.41. The second-order valence-corrected chi connectivity index (χ2v) is 5.07. The quantitative estimate of drug-likeness (QED) is 0.804. The zero-order valence-corrected chi connectivity index (χ0v) is 12.3. The summed E-state index contributed by atoms with van der Waals surface area (Å²) in [7, 11) is 1.99. The van der Waals surface area contributed by atoms with Crippen LogP contribution in [0.25, 0.3) is 0 Å². The first-order chi connectivity index (χ1) is 8.70. The number of aromatic nitrogens is 2. The van der Waals surface area contributed by atoms with Crippen LogP contribution in [0.2, 0.25) is 0 Å². The fourth-order valence-corrected chi connectivity index (χ4v) is 2.13. The molecule has 0 amide bonds. The second-order valence-electron chi connectivity index (χ2n) is 3.95. The largest absolute Gasteiger partial charge is 0.354 e. The number of nitrogens with zero attached hydrogens (tertiary/aromatic N) is 3. The first kappa shape index (κ1) is 13.3. The Morgan fingerprint density at radius 3 is 2.61 bits per heavy atom. The van der Waals surface area contributed by atoms with Gasteiger partial charge in [-0.3, -0.25) is 4.98 Å². The molecule has 0 atom stereocenters. The summed E-state index contributed by atoms with van der Waals surface area (Å²) in [5.41, 5.74) is 2.00. The predicted octanol–water partition coefficient (Wildman–Crippen LogP) is 3.61. The molecule has 5 heteroatoms. The van der Waals surface area contributed by atoms with E-state index in [1.54, 1.807) is 12.4 Å². The Hall–Kier alpha value is -1.13. The molecular formula is C13H13BrClN3. The van der Waals surface area contributed by atoms with Crippen molar-refractivity contribution in [1.82, 2.24) is 9.97 Å². The summed E-state index contributed by atoms with van der Waals surface area (Å²) < 4.78 is 1.10. The van der Waals surface area contributed by atoms with E-state index in [9.17, 15) is 0 Å². The summed E-state index contributed by atoms with van der Waals surface area (Å²) in [6.45, 7) is 0.774. The molecule has 0 aliphatic rings. The molecule has 1 aromatic heterocycles. The number of rotatable bonds is 4. The van der Waals surface area contributed by atoms with Gasteiger partial charge in [-0.05, 0) is 11.6 Å². The molecule has 18 heavy (non-hydrogen) atoms. The van der Waals surface area contributed by atoms with Crippen molar-refractivity contribution >= 4 is 33.3 Å². The van der Waals surface area contributed by atoms with Gasteiger partial charge in [-0.2, -0.15) is 0 Å². The van der Waals surface area contributed by atoms with Gasteiger partial charge in [-0.15, -0.1) is 11.6 Å². The van der Waals surface area contributed by atoms with Gasteiger partial charge in [0, 0.05) is 18.1 Å². The molecule has 0 aliphatic heterocycles. The smallest absolute Gasteiger partial charge is 0.147 e. The average molecular weight is 327 g/mol. The van der Waals surface area contributed by atoms with E-state index in [0.29, 0.717) is 5.88 Å². The highest BCUT2D eigenvalue weighted by atomic mass is 79.9. The molecular weight excluding hydrogens is 314 g/mol. The van der Waals surface area contributed by atoms with E-state index in [0.717, 1.165) is 22.5 Å². The van der Waals surface area contributed by atoms with Crippen molar-refractivity contribution in [2.45, 2.75) is 12.4 Å². The third-order valence-electron chi connectivity index (χ3n) is 2.59. The molecule has 2 aromatic rings. The molecule has 3 nitrogen and oxygen atoms in total. The molecule has 0 spiro atoms. The SMILES string of the molecule is CN(Cc1ccccc1Br)c1cnc(CCl)cn1. The highest BCUT2D eigenvalue weighted by Crippen LogP contribution is 2.19. The van der Waals surface area contributed by atoms with Crippen LogP contribution in [0.4, 0.5) is 5.82 Å². The van der Waals surface area contributed by atoms with E-state index in [-0.39, 0.29) is 0 Å². The number of alkyl halides is 1. The van der Waals surface area contributed by atoms with E-state index in [1.165, 1.54) is 5.56 Å². The van der Waals surface area contributed by atoms with Crippen LogP contribution in [0.15, 0.2) is 41.1 Å². The molecule has 1 heterocycles. The van der Waals surface area contributed by atoms with Crippen molar-refractivity contribution in [2.24, 2.45) is 0 Å². The summed E-state index contributed by atoms with van der Waals surface area (Å²) in [4.78, 5) is 10.6. The van der Waals surface area contributed by atoms with Crippen LogP contribution < -0.4 is 4.90 Å². The Kier molecular flexibility index (Phi) is 4.55. The van der Waals surface area contributed by atoms with Gasteiger partial charge in [-0.25, -0.2) is 4.98 Å². The molecule has 0 saturated heterocycles. The van der Waals surface area contributed by atoms with Gasteiger partial charge in [0.25, 0.3) is 0 Å². The van der Waals surface area contributed by atoms with Gasteiger partial charge in [0.05, 0.1) is 24.0 Å². The molecule has 94 valence electrons. The summed E-state index contributed by atoms with van der Waals surface area (Å²) in [5, 5.41) is 0. The van der Waals surface area contributed by atoms with E-state index in [2.05, 4.69) is 32.0 Å². The number of benzene rings is 1. The van der Waals surface area contributed by atoms with Crippen molar-refractivity contribution in [3.63, 3.8) is 0 Å². The van der Waals surface area contributed by atoms with E-state index in [4.69, 9.17) is 11.6 Å². The molecule has 0 unspecified atom stereocenters. The maximum absolute atomic E-state index is 5.69. The monoisotopic (exact) mass is 325 g/mol. The standard InChI is InChI=1S/C13H13BrClN3/c1-18(9-10-4-2-3-5-12(10)14)13-8-16-11(6-15)7-17-13/h2-5,7-8H,6,9H2,1H3. The molecule has 0 radical (unpaired) electrons. The zero-order chi connectivity index (χ0) is 13.0. The summed E-state index contributed by atoms with van der Waals surface area (Å²) in [6, 6.07) is 8.14. The van der Waals surface area contributed by atoms with Crippen LogP contribution >= 0.6 is 27.5 Å². The van der Waals surface area contributed by atoms with Gasteiger partial charge >= 0.3 is 0 Å². The summed E-state index contributed by atoms with van der Waals surface area (Å²) >= 11 is 9.23. The fourth-order valence-electron chi connectivity index (χ4n) is 1.58. The maximum atomic E-state index is 5.69. The van der Waals surface area contributed by atoms with Gasteiger partial charge in [0.1, 0.15) is 5.82 Å². The van der Waals surface area contributed by atoms with Crippen LogP contribution in [-0.4, -0.2) is 17.0 Å². The highest BCUT2D eigenvalue weighted by molar-refractivity contribution is 9.10. The molecule has 0 saturated carbocycles. The van der Waals surface area contributed by atoms with Crippen molar-refractivity contribution in [1.29, 1.82) is 0 Å². The van der Waals surface area contributed by atoms with Crippen molar-refractivity contribution in [3.8, 4) is 0 Å². The van der Waals surface area contributed by atoms with E-state index < -0.39 is 0 Å². The Labute approximate surface area is 120 Å². The third kappa shape index (κ3) is 3.21. The minimum Gasteiger partial charge on any atom is -0.354 e. The van der Waals surface area contributed by atoms with E-state index in [1.807, 2.05) is 30.1 Å². The Balaban J connectivity index is 2.11. The number of hydrogen-bond donors (Lipinski definition) is 0. The highest BCUT2D eigenvalue weighted by Gasteiger charge is 2.06. The first-order valence-corrected chi connectivity index (χ1v) is 6.85.